The van der Waals surface area contributed by atoms with Crippen molar-refractivity contribution in [2.24, 2.45) is 0 Å². The maximum absolute atomic E-state index is 6.31. The summed E-state index contributed by atoms with van der Waals surface area (Å²) in [6.45, 7) is 4.61. The fourth-order valence-electron chi connectivity index (χ4n) is 3.90. The first-order valence-electron chi connectivity index (χ1n) is 9.60. The lowest BCUT2D eigenvalue weighted by Crippen LogP contribution is -2.35. The Kier molecular flexibility index (Phi) is 5.20. The molecule has 0 bridgehead atoms. The van der Waals surface area contributed by atoms with Gasteiger partial charge in [-0.2, -0.15) is 0 Å². The van der Waals surface area contributed by atoms with Crippen LogP contribution in [0.4, 0.5) is 5.82 Å². The van der Waals surface area contributed by atoms with E-state index >= 15 is 0 Å². The van der Waals surface area contributed by atoms with Crippen LogP contribution in [-0.2, 0) is 13.0 Å². The maximum atomic E-state index is 6.31. The molecule has 142 valence electrons. The Morgan fingerprint density at radius 2 is 2.22 bits per heavy atom. The van der Waals surface area contributed by atoms with Crippen LogP contribution in [0.5, 0.6) is 5.75 Å². The van der Waals surface area contributed by atoms with E-state index < -0.39 is 0 Å². The minimum atomic E-state index is 0.291. The lowest BCUT2D eigenvalue weighted by molar-refractivity contribution is 0.285. The van der Waals surface area contributed by atoms with E-state index in [1.807, 2.05) is 7.05 Å². The van der Waals surface area contributed by atoms with Crippen LogP contribution < -0.4 is 15.0 Å². The van der Waals surface area contributed by atoms with Gasteiger partial charge in [-0.1, -0.05) is 19.1 Å². The molecule has 0 saturated carbocycles. The number of hydrogen-bond donors (Lipinski definition) is 2. The number of ether oxygens (including phenoxy) is 1. The van der Waals surface area contributed by atoms with Gasteiger partial charge < -0.3 is 19.9 Å². The second-order valence-corrected chi connectivity index (χ2v) is 6.88. The Bertz CT molecular complexity index is 908. The van der Waals surface area contributed by atoms with Gasteiger partial charge in [-0.3, -0.25) is 0 Å². The van der Waals surface area contributed by atoms with E-state index in [-0.39, 0.29) is 0 Å². The number of aryl methyl sites for hydroxylation is 1. The highest BCUT2D eigenvalue weighted by atomic mass is 16.5. The van der Waals surface area contributed by atoms with Crippen LogP contribution in [-0.4, -0.2) is 46.2 Å². The topological polar surface area (TPSA) is 79.0 Å². The Balaban J connectivity index is 1.54. The molecular weight excluding hydrogens is 340 g/mol. The molecule has 0 spiro atoms. The molecule has 7 heteroatoms. The van der Waals surface area contributed by atoms with E-state index in [0.717, 1.165) is 49.4 Å². The maximum Gasteiger partial charge on any atom is 0.182 e. The lowest BCUT2D eigenvalue weighted by atomic mass is 10.0. The van der Waals surface area contributed by atoms with Crippen LogP contribution in [0, 0.1) is 0 Å². The number of hydrogen-bond acceptors (Lipinski definition) is 6. The number of nitrogens with one attached hydrogen (secondary N) is 2. The Labute approximate surface area is 159 Å². The van der Waals surface area contributed by atoms with Crippen LogP contribution in [0.1, 0.15) is 30.9 Å². The summed E-state index contributed by atoms with van der Waals surface area (Å²) in [5.41, 5.74) is 4.19. The highest BCUT2D eigenvalue weighted by Gasteiger charge is 2.28. The average molecular weight is 366 g/mol. The molecule has 0 radical (unpaired) electrons. The number of fused-ring (bicyclic) bond motifs is 1. The van der Waals surface area contributed by atoms with E-state index in [1.165, 1.54) is 11.1 Å². The molecule has 1 aliphatic heterocycles. The predicted octanol–water partition coefficient (Wildman–Crippen LogP) is 2.68. The van der Waals surface area contributed by atoms with Crippen LogP contribution in [0.25, 0.3) is 11.2 Å². The summed E-state index contributed by atoms with van der Waals surface area (Å²) < 4.78 is 6.31. The van der Waals surface area contributed by atoms with Crippen molar-refractivity contribution in [1.29, 1.82) is 0 Å². The summed E-state index contributed by atoms with van der Waals surface area (Å²) in [5.74, 6) is 1.89. The van der Waals surface area contributed by atoms with Gasteiger partial charge >= 0.3 is 0 Å². The lowest BCUT2D eigenvalue weighted by Gasteiger charge is -2.26. The van der Waals surface area contributed by atoms with Gasteiger partial charge in [-0.15, -0.1) is 0 Å². The van der Waals surface area contributed by atoms with Gasteiger partial charge in [0, 0.05) is 18.7 Å². The van der Waals surface area contributed by atoms with E-state index in [2.05, 4.69) is 55.3 Å². The van der Waals surface area contributed by atoms with Crippen molar-refractivity contribution >= 4 is 17.0 Å². The van der Waals surface area contributed by atoms with E-state index in [0.29, 0.717) is 18.3 Å². The van der Waals surface area contributed by atoms with Crippen molar-refractivity contribution in [3.8, 4) is 5.75 Å². The highest BCUT2D eigenvalue weighted by molar-refractivity contribution is 5.83. The van der Waals surface area contributed by atoms with Crippen molar-refractivity contribution in [3.05, 3.63) is 42.0 Å². The summed E-state index contributed by atoms with van der Waals surface area (Å²) in [7, 11) is 1.97. The molecule has 1 fully saturated rings. The Hall–Kier alpha value is -2.67. The molecule has 7 nitrogen and oxygen atoms in total. The fraction of sp³-hybridized carbons (Fsp3) is 0.450. The normalized spacial score (nSPS) is 17.0. The fourth-order valence-corrected chi connectivity index (χ4v) is 3.90. The monoisotopic (exact) mass is 366 g/mol. The molecule has 2 N–H and O–H groups in total. The molecule has 1 saturated heterocycles. The van der Waals surface area contributed by atoms with Crippen molar-refractivity contribution in [2.45, 2.75) is 38.8 Å². The summed E-state index contributed by atoms with van der Waals surface area (Å²) in [6.07, 6.45) is 6.48. The Morgan fingerprint density at radius 3 is 3.07 bits per heavy atom. The third-order valence-corrected chi connectivity index (χ3v) is 5.25. The number of imidazole rings is 1. The van der Waals surface area contributed by atoms with Gasteiger partial charge in [0.15, 0.2) is 11.5 Å². The van der Waals surface area contributed by atoms with Gasteiger partial charge in [0.1, 0.15) is 24.2 Å². The molecule has 0 aliphatic carbocycles. The van der Waals surface area contributed by atoms with Crippen LogP contribution in [0.15, 0.2) is 30.9 Å². The second-order valence-electron chi connectivity index (χ2n) is 6.88. The standard InChI is InChI=1S/C20H26N6O/c1-3-14-6-4-8-17(16(14)10-21-2)27-11-15-7-5-9-26(15)20-18-19(23-12-22-18)24-13-25-20/h4,6,8,12-13,15,21H,3,5,7,9-11H2,1-2H3,(H,22,23,24,25)/t15-/m1/s1. The van der Waals surface area contributed by atoms with Crippen LogP contribution in [0.2, 0.25) is 0 Å². The minimum Gasteiger partial charge on any atom is -0.491 e. The summed E-state index contributed by atoms with van der Waals surface area (Å²) >= 11 is 0. The summed E-state index contributed by atoms with van der Waals surface area (Å²) in [6, 6.07) is 6.62. The smallest absolute Gasteiger partial charge is 0.182 e. The van der Waals surface area contributed by atoms with E-state index in [1.54, 1.807) is 12.7 Å². The molecule has 1 aliphatic rings. The van der Waals surface area contributed by atoms with E-state index in [9.17, 15) is 0 Å². The molecule has 27 heavy (non-hydrogen) atoms. The first kappa shape index (κ1) is 17.7. The zero-order valence-electron chi connectivity index (χ0n) is 15.9. The van der Waals surface area contributed by atoms with Gasteiger partial charge in [0.05, 0.1) is 12.4 Å². The number of anilines is 1. The predicted molar refractivity (Wildman–Crippen MR) is 106 cm³/mol. The number of H-pyrrole nitrogens is 1. The van der Waals surface area contributed by atoms with Gasteiger partial charge in [0.2, 0.25) is 0 Å². The minimum absolute atomic E-state index is 0.291. The highest BCUT2D eigenvalue weighted by Crippen LogP contribution is 2.29. The van der Waals surface area contributed by atoms with Crippen molar-refractivity contribution < 1.29 is 4.74 Å². The summed E-state index contributed by atoms with van der Waals surface area (Å²) in [5, 5.41) is 3.26. The molecule has 3 heterocycles. The van der Waals surface area contributed by atoms with E-state index in [4.69, 9.17) is 4.74 Å². The molecule has 2 aromatic heterocycles. The van der Waals surface area contributed by atoms with Crippen molar-refractivity contribution in [1.82, 2.24) is 25.3 Å². The quantitative estimate of drug-likeness (QED) is 0.669. The molecule has 0 amide bonds. The largest absolute Gasteiger partial charge is 0.491 e. The molecule has 1 atom stereocenters. The molecule has 4 rings (SSSR count). The first-order valence-corrected chi connectivity index (χ1v) is 9.60. The van der Waals surface area contributed by atoms with Gasteiger partial charge in [-0.25, -0.2) is 15.0 Å². The van der Waals surface area contributed by atoms with Crippen LogP contribution in [0.3, 0.4) is 0 Å². The second kappa shape index (κ2) is 7.92. The number of nitrogens with zero attached hydrogens (tertiary/aromatic N) is 4. The molecule has 0 unspecified atom stereocenters. The van der Waals surface area contributed by atoms with Crippen molar-refractivity contribution in [2.75, 3.05) is 25.1 Å². The number of aromatic amines is 1. The summed E-state index contributed by atoms with van der Waals surface area (Å²) in [4.78, 5) is 18.5. The molecule has 3 aromatic rings. The average Bonchev–Trinajstić information content (AvgIpc) is 3.36. The zero-order chi connectivity index (χ0) is 18.6. The van der Waals surface area contributed by atoms with Crippen molar-refractivity contribution in [3.63, 3.8) is 0 Å². The number of benzene rings is 1. The zero-order valence-corrected chi connectivity index (χ0v) is 15.9. The third kappa shape index (κ3) is 3.47. The van der Waals surface area contributed by atoms with Gasteiger partial charge in [-0.05, 0) is 37.9 Å². The molecule has 1 aromatic carbocycles. The number of aromatic nitrogens is 4. The third-order valence-electron chi connectivity index (χ3n) is 5.25. The first-order chi connectivity index (χ1) is 13.3. The SMILES string of the molecule is CCc1cccc(OC[C@H]2CCCN2c2ncnc3nc[nH]c23)c1CNC. The number of rotatable bonds is 7. The van der Waals surface area contributed by atoms with Gasteiger partial charge in [0.25, 0.3) is 0 Å². The molecular formula is C20H26N6O. The van der Waals surface area contributed by atoms with Crippen LogP contribution >= 0.6 is 0 Å². The Morgan fingerprint density at radius 1 is 1.30 bits per heavy atom.